The molecule has 1 aromatic heterocycles. The standard InChI is InChI=1S/C16H18ClN3O2/c1-4-14-15(9-21)19-20(10(2)3)16(14)22-13-6-11(8-18)5-12(17)7-13/h5-7,10,21H,4,9H2,1-3H3. The van der Waals surface area contributed by atoms with Gasteiger partial charge >= 0.3 is 0 Å². The molecule has 2 rings (SSSR count). The first-order valence-corrected chi connectivity index (χ1v) is 7.47. The second kappa shape index (κ2) is 6.82. The van der Waals surface area contributed by atoms with Gasteiger partial charge in [-0.2, -0.15) is 10.4 Å². The lowest BCUT2D eigenvalue weighted by Gasteiger charge is -2.13. The summed E-state index contributed by atoms with van der Waals surface area (Å²) in [6.07, 6.45) is 0.684. The summed E-state index contributed by atoms with van der Waals surface area (Å²) in [4.78, 5) is 0. The van der Waals surface area contributed by atoms with E-state index in [1.54, 1.807) is 22.9 Å². The van der Waals surface area contributed by atoms with Crippen molar-refractivity contribution in [2.75, 3.05) is 0 Å². The molecule has 0 bridgehead atoms. The molecule has 22 heavy (non-hydrogen) atoms. The van der Waals surface area contributed by atoms with Gasteiger partial charge in [-0.15, -0.1) is 0 Å². The van der Waals surface area contributed by atoms with E-state index in [0.29, 0.717) is 34.3 Å². The number of nitrogens with zero attached hydrogens (tertiary/aromatic N) is 3. The molecule has 6 heteroatoms. The van der Waals surface area contributed by atoms with Gasteiger partial charge in [0.1, 0.15) is 5.75 Å². The van der Waals surface area contributed by atoms with Gasteiger partial charge in [0.2, 0.25) is 5.88 Å². The van der Waals surface area contributed by atoms with Crippen molar-refractivity contribution < 1.29 is 9.84 Å². The quantitative estimate of drug-likeness (QED) is 0.909. The van der Waals surface area contributed by atoms with Gasteiger partial charge in [-0.3, -0.25) is 0 Å². The summed E-state index contributed by atoms with van der Waals surface area (Å²) in [5, 5.41) is 23.3. The smallest absolute Gasteiger partial charge is 0.221 e. The molecule has 0 spiro atoms. The van der Waals surface area contributed by atoms with E-state index in [2.05, 4.69) is 5.10 Å². The Balaban J connectivity index is 2.50. The van der Waals surface area contributed by atoms with Gasteiger partial charge in [-0.1, -0.05) is 18.5 Å². The van der Waals surface area contributed by atoms with Crippen LogP contribution >= 0.6 is 11.6 Å². The Hall–Kier alpha value is -2.03. The Bertz CT molecular complexity index is 717. The van der Waals surface area contributed by atoms with Crippen molar-refractivity contribution in [1.29, 1.82) is 5.26 Å². The van der Waals surface area contributed by atoms with Crippen LogP contribution in [0.3, 0.4) is 0 Å². The van der Waals surface area contributed by atoms with Gasteiger partial charge in [0.15, 0.2) is 0 Å². The number of hydrogen-bond donors (Lipinski definition) is 1. The van der Waals surface area contributed by atoms with Crippen molar-refractivity contribution in [2.24, 2.45) is 0 Å². The first-order valence-electron chi connectivity index (χ1n) is 7.09. The second-order valence-corrected chi connectivity index (χ2v) is 5.61. The average Bonchev–Trinajstić information content (AvgIpc) is 2.84. The number of aliphatic hydroxyl groups excluding tert-OH is 1. The van der Waals surface area contributed by atoms with Crippen molar-refractivity contribution in [3.05, 3.63) is 40.0 Å². The van der Waals surface area contributed by atoms with Crippen LogP contribution in [0.15, 0.2) is 18.2 Å². The topological polar surface area (TPSA) is 71.1 Å². The van der Waals surface area contributed by atoms with E-state index in [1.165, 1.54) is 0 Å². The van der Waals surface area contributed by atoms with E-state index in [0.717, 1.165) is 5.56 Å². The van der Waals surface area contributed by atoms with Crippen LogP contribution in [0.1, 0.15) is 43.6 Å². The van der Waals surface area contributed by atoms with Crippen LogP contribution in [-0.2, 0) is 13.0 Å². The van der Waals surface area contributed by atoms with Gasteiger partial charge in [-0.05, 0) is 38.5 Å². The number of aromatic nitrogens is 2. The summed E-state index contributed by atoms with van der Waals surface area (Å²) in [6, 6.07) is 6.98. The predicted octanol–water partition coefficient (Wildman–Crippen LogP) is 3.84. The van der Waals surface area contributed by atoms with Crippen LogP contribution in [0.2, 0.25) is 5.02 Å². The van der Waals surface area contributed by atoms with Crippen LogP contribution in [0.25, 0.3) is 0 Å². The van der Waals surface area contributed by atoms with Crippen LogP contribution in [0.5, 0.6) is 11.6 Å². The predicted molar refractivity (Wildman–Crippen MR) is 84.2 cm³/mol. The first-order chi connectivity index (χ1) is 10.5. The molecule has 0 saturated heterocycles. The Morgan fingerprint density at radius 2 is 2.14 bits per heavy atom. The monoisotopic (exact) mass is 319 g/mol. The highest BCUT2D eigenvalue weighted by Crippen LogP contribution is 2.32. The fraction of sp³-hybridized carbons (Fsp3) is 0.375. The molecule has 0 unspecified atom stereocenters. The van der Waals surface area contributed by atoms with E-state index in [-0.39, 0.29) is 12.6 Å². The number of rotatable bonds is 5. The van der Waals surface area contributed by atoms with Crippen molar-refractivity contribution in [3.8, 4) is 17.7 Å². The maximum absolute atomic E-state index is 9.47. The highest BCUT2D eigenvalue weighted by Gasteiger charge is 2.20. The maximum atomic E-state index is 9.47. The summed E-state index contributed by atoms with van der Waals surface area (Å²) in [5.41, 5.74) is 1.89. The molecule has 0 aliphatic heterocycles. The Morgan fingerprint density at radius 3 is 2.68 bits per heavy atom. The molecule has 0 aliphatic rings. The van der Waals surface area contributed by atoms with Crippen LogP contribution in [0.4, 0.5) is 0 Å². The number of benzene rings is 1. The SMILES string of the molecule is CCc1c(CO)nn(C(C)C)c1Oc1cc(Cl)cc(C#N)c1. The molecule has 1 N–H and O–H groups in total. The first kappa shape index (κ1) is 16.3. The fourth-order valence-corrected chi connectivity index (χ4v) is 2.46. The molecular weight excluding hydrogens is 302 g/mol. The molecule has 0 aliphatic carbocycles. The molecule has 1 heterocycles. The minimum atomic E-state index is -0.141. The normalized spacial score (nSPS) is 10.8. The molecule has 0 fully saturated rings. The van der Waals surface area contributed by atoms with Crippen molar-refractivity contribution >= 4 is 11.6 Å². The minimum Gasteiger partial charge on any atom is -0.439 e. The number of nitriles is 1. The molecule has 1 aromatic carbocycles. The molecule has 116 valence electrons. The molecule has 0 radical (unpaired) electrons. The zero-order valence-corrected chi connectivity index (χ0v) is 13.6. The number of aliphatic hydroxyl groups is 1. The zero-order valence-electron chi connectivity index (χ0n) is 12.8. The van der Waals surface area contributed by atoms with Crippen molar-refractivity contribution in [3.63, 3.8) is 0 Å². The van der Waals surface area contributed by atoms with E-state index in [1.807, 2.05) is 26.8 Å². The van der Waals surface area contributed by atoms with Gasteiger partial charge in [-0.25, -0.2) is 4.68 Å². The maximum Gasteiger partial charge on any atom is 0.221 e. The third kappa shape index (κ3) is 3.24. The van der Waals surface area contributed by atoms with Gasteiger partial charge in [0, 0.05) is 10.6 Å². The lowest BCUT2D eigenvalue weighted by Crippen LogP contribution is -2.05. The largest absolute Gasteiger partial charge is 0.439 e. The van der Waals surface area contributed by atoms with Crippen LogP contribution in [-0.4, -0.2) is 14.9 Å². The van der Waals surface area contributed by atoms with Crippen LogP contribution in [0, 0.1) is 11.3 Å². The fourth-order valence-electron chi connectivity index (χ4n) is 2.24. The van der Waals surface area contributed by atoms with Gasteiger partial charge < -0.3 is 9.84 Å². The summed E-state index contributed by atoms with van der Waals surface area (Å²) >= 11 is 6.01. The number of ether oxygens (including phenoxy) is 1. The molecule has 0 saturated carbocycles. The Morgan fingerprint density at radius 1 is 1.41 bits per heavy atom. The molecule has 0 amide bonds. The average molecular weight is 320 g/mol. The van der Waals surface area contributed by atoms with Gasteiger partial charge in [0.25, 0.3) is 0 Å². The van der Waals surface area contributed by atoms with Crippen LogP contribution < -0.4 is 4.74 Å². The summed E-state index contributed by atoms with van der Waals surface area (Å²) in [5.74, 6) is 1.05. The lowest BCUT2D eigenvalue weighted by atomic mass is 10.2. The Labute approximate surface area is 134 Å². The third-order valence-electron chi connectivity index (χ3n) is 3.25. The lowest BCUT2D eigenvalue weighted by molar-refractivity contribution is 0.273. The van der Waals surface area contributed by atoms with Gasteiger partial charge in [0.05, 0.1) is 30.0 Å². The number of halogens is 1. The Kier molecular flexibility index (Phi) is 5.07. The molecule has 2 aromatic rings. The summed E-state index contributed by atoms with van der Waals surface area (Å²) < 4.78 is 7.69. The van der Waals surface area contributed by atoms with E-state index in [9.17, 15) is 5.11 Å². The second-order valence-electron chi connectivity index (χ2n) is 5.17. The van der Waals surface area contributed by atoms with E-state index >= 15 is 0 Å². The highest BCUT2D eigenvalue weighted by atomic mass is 35.5. The molecule has 0 atom stereocenters. The van der Waals surface area contributed by atoms with Crippen molar-refractivity contribution in [1.82, 2.24) is 9.78 Å². The third-order valence-corrected chi connectivity index (χ3v) is 3.47. The zero-order chi connectivity index (χ0) is 16.3. The number of hydrogen-bond acceptors (Lipinski definition) is 4. The minimum absolute atomic E-state index is 0.0789. The molecule has 5 nitrogen and oxygen atoms in total. The van der Waals surface area contributed by atoms with E-state index < -0.39 is 0 Å². The van der Waals surface area contributed by atoms with E-state index in [4.69, 9.17) is 21.6 Å². The van der Waals surface area contributed by atoms with Crippen molar-refractivity contribution in [2.45, 2.75) is 39.8 Å². The summed E-state index contributed by atoms with van der Waals surface area (Å²) in [7, 11) is 0. The highest BCUT2D eigenvalue weighted by molar-refractivity contribution is 6.30. The summed E-state index contributed by atoms with van der Waals surface area (Å²) in [6.45, 7) is 5.81. The molecular formula is C16H18ClN3O2.